The minimum absolute atomic E-state index is 0.397. The molecule has 1 fully saturated rings. The summed E-state index contributed by atoms with van der Waals surface area (Å²) in [5.41, 5.74) is 3.99. The fourth-order valence-electron chi connectivity index (χ4n) is 1.44. The Bertz CT molecular complexity index is 254. The fourth-order valence-corrected chi connectivity index (χ4v) is 1.44. The van der Waals surface area contributed by atoms with Gasteiger partial charge in [0.15, 0.2) is 0 Å². The van der Waals surface area contributed by atoms with Gasteiger partial charge in [0.25, 0.3) is 0 Å². The molecule has 0 amide bonds. The summed E-state index contributed by atoms with van der Waals surface area (Å²) in [5.74, 6) is 0. The van der Waals surface area contributed by atoms with Crippen molar-refractivity contribution < 1.29 is 4.74 Å². The Hall–Kier alpha value is -0.820. The first-order valence-electron chi connectivity index (χ1n) is 3.95. The van der Waals surface area contributed by atoms with Gasteiger partial charge in [-0.2, -0.15) is 0 Å². The molecular weight excluding hydrogens is 136 g/mol. The quantitative estimate of drug-likeness (QED) is 0.557. The summed E-state index contributed by atoms with van der Waals surface area (Å²) >= 11 is 0. The van der Waals surface area contributed by atoms with E-state index < -0.39 is 0 Å². The Morgan fingerprint density at radius 2 is 1.73 bits per heavy atom. The van der Waals surface area contributed by atoms with Crippen molar-refractivity contribution in [2.75, 3.05) is 6.61 Å². The lowest BCUT2D eigenvalue weighted by Crippen LogP contribution is -1.84. The lowest BCUT2D eigenvalue weighted by molar-refractivity contribution is 0.415. The molecule has 0 saturated carbocycles. The maximum Gasteiger partial charge on any atom is 0.106 e. The molecule has 1 aliphatic rings. The predicted octanol–water partition coefficient (Wildman–Crippen LogP) is 2.37. The lowest BCUT2D eigenvalue weighted by Gasteiger charge is -2.00. The van der Waals surface area contributed by atoms with E-state index in [-0.39, 0.29) is 0 Å². The molecule has 0 aromatic heterocycles. The van der Waals surface area contributed by atoms with Crippen molar-refractivity contribution in [3.05, 3.63) is 34.9 Å². The molecule has 0 N–H and O–H groups in total. The summed E-state index contributed by atoms with van der Waals surface area (Å²) in [6.45, 7) is 5.15. The van der Waals surface area contributed by atoms with E-state index in [2.05, 4.69) is 32.0 Å². The van der Waals surface area contributed by atoms with Crippen LogP contribution in [0.25, 0.3) is 0 Å². The van der Waals surface area contributed by atoms with Crippen molar-refractivity contribution >= 4 is 0 Å². The highest BCUT2D eigenvalue weighted by atomic mass is 16.6. The Balaban J connectivity index is 2.39. The van der Waals surface area contributed by atoms with Crippen LogP contribution in [0.15, 0.2) is 18.2 Å². The van der Waals surface area contributed by atoms with Gasteiger partial charge in [0, 0.05) is 0 Å². The second-order valence-corrected chi connectivity index (χ2v) is 3.24. The third kappa shape index (κ3) is 1.43. The monoisotopic (exact) mass is 148 g/mol. The zero-order valence-corrected chi connectivity index (χ0v) is 6.92. The molecule has 1 aliphatic heterocycles. The lowest BCUT2D eigenvalue weighted by atomic mass is 10.1. The fraction of sp³-hybridized carbons (Fsp3) is 0.400. The van der Waals surface area contributed by atoms with Crippen LogP contribution in [-0.2, 0) is 4.74 Å². The van der Waals surface area contributed by atoms with E-state index in [1.807, 2.05) is 0 Å². The van der Waals surface area contributed by atoms with E-state index in [1.54, 1.807) is 0 Å². The SMILES string of the molecule is Cc1cc(C)cc([C@H]2CO2)c1. The van der Waals surface area contributed by atoms with E-state index in [4.69, 9.17) is 4.74 Å². The largest absolute Gasteiger partial charge is 0.368 e. The summed E-state index contributed by atoms with van der Waals surface area (Å²) in [7, 11) is 0. The smallest absolute Gasteiger partial charge is 0.106 e. The molecule has 0 radical (unpaired) electrons. The number of rotatable bonds is 1. The third-order valence-electron chi connectivity index (χ3n) is 1.95. The molecule has 11 heavy (non-hydrogen) atoms. The number of ether oxygens (including phenoxy) is 1. The van der Waals surface area contributed by atoms with E-state index in [1.165, 1.54) is 16.7 Å². The molecule has 1 nitrogen and oxygen atoms in total. The molecule has 1 aromatic carbocycles. The van der Waals surface area contributed by atoms with Gasteiger partial charge in [0.1, 0.15) is 6.10 Å². The Labute approximate surface area is 67.0 Å². The van der Waals surface area contributed by atoms with Crippen molar-refractivity contribution in [3.63, 3.8) is 0 Å². The first-order valence-corrected chi connectivity index (χ1v) is 3.95. The van der Waals surface area contributed by atoms with E-state index in [0.29, 0.717) is 6.10 Å². The first-order chi connectivity index (χ1) is 5.25. The van der Waals surface area contributed by atoms with Gasteiger partial charge in [-0.3, -0.25) is 0 Å². The van der Waals surface area contributed by atoms with Crippen LogP contribution >= 0.6 is 0 Å². The van der Waals surface area contributed by atoms with Crippen LogP contribution in [0.1, 0.15) is 22.8 Å². The number of hydrogen-bond acceptors (Lipinski definition) is 1. The molecule has 1 saturated heterocycles. The van der Waals surface area contributed by atoms with E-state index >= 15 is 0 Å². The zero-order valence-electron chi connectivity index (χ0n) is 6.92. The van der Waals surface area contributed by atoms with Crippen molar-refractivity contribution in [3.8, 4) is 0 Å². The average molecular weight is 148 g/mol. The van der Waals surface area contributed by atoms with Gasteiger partial charge in [-0.05, 0) is 19.4 Å². The van der Waals surface area contributed by atoms with Crippen molar-refractivity contribution in [1.29, 1.82) is 0 Å². The van der Waals surface area contributed by atoms with E-state index in [0.717, 1.165) is 6.61 Å². The Morgan fingerprint density at radius 3 is 2.18 bits per heavy atom. The average Bonchev–Trinajstić information content (AvgIpc) is 2.64. The standard InChI is InChI=1S/C10H12O/c1-7-3-8(2)5-9(4-7)10-6-11-10/h3-5,10H,6H2,1-2H3/t10-/m1/s1. The molecule has 58 valence electrons. The highest BCUT2D eigenvalue weighted by Crippen LogP contribution is 2.30. The van der Waals surface area contributed by atoms with E-state index in [9.17, 15) is 0 Å². The zero-order chi connectivity index (χ0) is 7.84. The molecule has 1 heterocycles. The highest BCUT2D eigenvalue weighted by molar-refractivity contribution is 5.31. The van der Waals surface area contributed by atoms with Crippen LogP contribution in [0, 0.1) is 13.8 Å². The minimum atomic E-state index is 0.397. The number of epoxide rings is 1. The molecule has 1 atom stereocenters. The van der Waals surface area contributed by atoms with Crippen molar-refractivity contribution in [2.45, 2.75) is 20.0 Å². The van der Waals surface area contributed by atoms with Crippen LogP contribution in [0.5, 0.6) is 0 Å². The van der Waals surface area contributed by atoms with Gasteiger partial charge < -0.3 is 4.74 Å². The second kappa shape index (κ2) is 2.35. The Morgan fingerprint density at radius 1 is 1.18 bits per heavy atom. The molecule has 0 spiro atoms. The van der Waals surface area contributed by atoms with Crippen molar-refractivity contribution in [1.82, 2.24) is 0 Å². The highest BCUT2D eigenvalue weighted by Gasteiger charge is 2.24. The van der Waals surface area contributed by atoms with Crippen LogP contribution in [-0.4, -0.2) is 6.61 Å². The maximum absolute atomic E-state index is 5.20. The van der Waals surface area contributed by atoms with Crippen LogP contribution in [0.4, 0.5) is 0 Å². The van der Waals surface area contributed by atoms with Gasteiger partial charge in [0.05, 0.1) is 6.61 Å². The van der Waals surface area contributed by atoms with Crippen molar-refractivity contribution in [2.24, 2.45) is 0 Å². The molecule has 2 rings (SSSR count). The molecule has 0 aliphatic carbocycles. The summed E-state index contributed by atoms with van der Waals surface area (Å²) in [6.07, 6.45) is 0.397. The maximum atomic E-state index is 5.20. The summed E-state index contributed by atoms with van der Waals surface area (Å²) in [4.78, 5) is 0. The minimum Gasteiger partial charge on any atom is -0.368 e. The first kappa shape index (κ1) is 6.86. The van der Waals surface area contributed by atoms with Gasteiger partial charge >= 0.3 is 0 Å². The normalized spacial score (nSPS) is 21.8. The van der Waals surface area contributed by atoms with Gasteiger partial charge in [-0.1, -0.05) is 29.3 Å². The van der Waals surface area contributed by atoms with Crippen LogP contribution < -0.4 is 0 Å². The number of benzene rings is 1. The molecule has 1 heteroatoms. The number of aryl methyl sites for hydroxylation is 2. The predicted molar refractivity (Wildman–Crippen MR) is 44.6 cm³/mol. The molecule has 0 bridgehead atoms. The summed E-state index contributed by atoms with van der Waals surface area (Å²) < 4.78 is 5.20. The summed E-state index contributed by atoms with van der Waals surface area (Å²) in [5, 5.41) is 0. The van der Waals surface area contributed by atoms with Gasteiger partial charge in [-0.15, -0.1) is 0 Å². The third-order valence-corrected chi connectivity index (χ3v) is 1.95. The second-order valence-electron chi connectivity index (χ2n) is 3.24. The molecule has 0 unspecified atom stereocenters. The molecular formula is C10H12O. The van der Waals surface area contributed by atoms with Crippen LogP contribution in [0.3, 0.4) is 0 Å². The van der Waals surface area contributed by atoms with Gasteiger partial charge in [-0.25, -0.2) is 0 Å². The Kier molecular flexibility index (Phi) is 1.46. The van der Waals surface area contributed by atoms with Crippen LogP contribution in [0.2, 0.25) is 0 Å². The number of hydrogen-bond donors (Lipinski definition) is 0. The summed E-state index contributed by atoms with van der Waals surface area (Å²) in [6, 6.07) is 6.58. The molecule has 1 aromatic rings. The topological polar surface area (TPSA) is 12.5 Å². The van der Waals surface area contributed by atoms with Gasteiger partial charge in [0.2, 0.25) is 0 Å².